The lowest BCUT2D eigenvalue weighted by atomic mass is 10.00. The van der Waals surface area contributed by atoms with Crippen LogP contribution in [0.25, 0.3) is 0 Å². The molecule has 0 fully saturated rings. The van der Waals surface area contributed by atoms with Gasteiger partial charge in [-0.15, -0.1) is 0 Å². The minimum atomic E-state index is -3.38. The summed E-state index contributed by atoms with van der Waals surface area (Å²) in [5.41, 5.74) is 1.42. The van der Waals surface area contributed by atoms with Gasteiger partial charge in [-0.05, 0) is 37.1 Å². The molecule has 1 atom stereocenters. The minimum Gasteiger partial charge on any atom is -0.497 e. The molecule has 19 heavy (non-hydrogen) atoms. The molecular formula is C13H17NO4S. The van der Waals surface area contributed by atoms with Crippen LogP contribution in [0.4, 0.5) is 0 Å². The monoisotopic (exact) mass is 283 g/mol. The van der Waals surface area contributed by atoms with Gasteiger partial charge >= 0.3 is 0 Å². The lowest BCUT2D eigenvalue weighted by Gasteiger charge is -2.23. The highest BCUT2D eigenvalue weighted by molar-refractivity contribution is 7.88. The second-order valence-corrected chi connectivity index (χ2v) is 6.74. The maximum atomic E-state index is 12.2. The molecule has 0 radical (unpaired) electrons. The van der Waals surface area contributed by atoms with Gasteiger partial charge in [0.15, 0.2) is 5.78 Å². The lowest BCUT2D eigenvalue weighted by molar-refractivity contribution is 0.0963. The molecule has 1 heterocycles. The molecule has 1 aliphatic heterocycles. The van der Waals surface area contributed by atoms with Crippen LogP contribution < -0.4 is 4.74 Å². The van der Waals surface area contributed by atoms with Crippen molar-refractivity contribution in [3.05, 3.63) is 29.3 Å². The number of carbonyl (C=O) groups excluding carboxylic acids is 1. The van der Waals surface area contributed by atoms with Gasteiger partial charge in [-0.3, -0.25) is 4.79 Å². The molecule has 6 heteroatoms. The van der Waals surface area contributed by atoms with E-state index in [9.17, 15) is 13.2 Å². The second-order valence-electron chi connectivity index (χ2n) is 4.81. The van der Waals surface area contributed by atoms with Crippen molar-refractivity contribution in [3.8, 4) is 5.75 Å². The first kappa shape index (κ1) is 14.0. The number of nitrogens with zero attached hydrogens (tertiary/aromatic N) is 1. The number of carbonyl (C=O) groups is 1. The molecule has 0 saturated carbocycles. The maximum absolute atomic E-state index is 12.2. The minimum absolute atomic E-state index is 0.0979. The van der Waals surface area contributed by atoms with Crippen molar-refractivity contribution in [2.75, 3.05) is 19.9 Å². The average molecular weight is 283 g/mol. The van der Waals surface area contributed by atoms with E-state index < -0.39 is 10.0 Å². The van der Waals surface area contributed by atoms with Gasteiger partial charge in [0, 0.05) is 11.6 Å². The number of fused-ring (bicyclic) bond motifs is 1. The van der Waals surface area contributed by atoms with Crippen molar-refractivity contribution in [2.24, 2.45) is 0 Å². The van der Waals surface area contributed by atoms with E-state index in [1.165, 1.54) is 4.31 Å². The number of ether oxygens (including phenoxy) is 1. The molecule has 0 N–H and O–H groups in total. The SMILES string of the molecule is COc1ccc2c(c1)CC(C)N(S(C)(=O)=O)CC2=O. The number of Topliss-reactive ketones (excluding diaryl/α,β-unsaturated/α-hetero) is 1. The van der Waals surface area contributed by atoms with Crippen LogP contribution >= 0.6 is 0 Å². The third-order valence-electron chi connectivity index (χ3n) is 3.35. The number of benzene rings is 1. The van der Waals surface area contributed by atoms with Crippen molar-refractivity contribution in [2.45, 2.75) is 19.4 Å². The molecule has 2 rings (SSSR count). The Morgan fingerprint density at radius 2 is 2.05 bits per heavy atom. The quantitative estimate of drug-likeness (QED) is 0.815. The Kier molecular flexibility index (Phi) is 3.64. The van der Waals surface area contributed by atoms with Gasteiger partial charge in [-0.25, -0.2) is 8.42 Å². The summed E-state index contributed by atoms with van der Waals surface area (Å²) in [7, 11) is -1.82. The Balaban J connectivity index is 2.45. The summed E-state index contributed by atoms with van der Waals surface area (Å²) in [6.45, 7) is 1.71. The van der Waals surface area contributed by atoms with Crippen LogP contribution in [0.2, 0.25) is 0 Å². The molecule has 0 aromatic heterocycles. The molecule has 1 unspecified atom stereocenters. The summed E-state index contributed by atoms with van der Waals surface area (Å²) in [5.74, 6) is 0.499. The standard InChI is InChI=1S/C13H17NO4S/c1-9-6-10-7-11(18-2)4-5-12(10)13(15)8-14(9)19(3,16)17/h4-5,7,9H,6,8H2,1-3H3. The lowest BCUT2D eigenvalue weighted by Crippen LogP contribution is -2.40. The molecule has 0 bridgehead atoms. The van der Waals surface area contributed by atoms with Crippen molar-refractivity contribution < 1.29 is 17.9 Å². The summed E-state index contributed by atoms with van der Waals surface area (Å²) in [4.78, 5) is 12.2. The van der Waals surface area contributed by atoms with Gasteiger partial charge in [0.25, 0.3) is 0 Å². The van der Waals surface area contributed by atoms with E-state index in [2.05, 4.69) is 0 Å². The zero-order valence-electron chi connectivity index (χ0n) is 11.2. The molecule has 1 aromatic carbocycles. The number of rotatable bonds is 2. The van der Waals surface area contributed by atoms with Crippen LogP contribution in [0.1, 0.15) is 22.8 Å². The number of hydrogen-bond acceptors (Lipinski definition) is 4. The fourth-order valence-electron chi connectivity index (χ4n) is 2.38. The number of methoxy groups -OCH3 is 1. The Bertz CT molecular complexity index is 609. The van der Waals surface area contributed by atoms with E-state index in [4.69, 9.17) is 4.74 Å². The van der Waals surface area contributed by atoms with E-state index in [1.54, 1.807) is 25.3 Å². The molecular weight excluding hydrogens is 266 g/mol. The molecule has 1 aliphatic rings. The zero-order valence-corrected chi connectivity index (χ0v) is 12.0. The fourth-order valence-corrected chi connectivity index (χ4v) is 3.46. The highest BCUT2D eigenvalue weighted by atomic mass is 32.2. The summed E-state index contributed by atoms with van der Waals surface area (Å²) < 4.78 is 29.8. The summed E-state index contributed by atoms with van der Waals surface area (Å²) >= 11 is 0. The zero-order chi connectivity index (χ0) is 14.2. The van der Waals surface area contributed by atoms with E-state index in [-0.39, 0.29) is 18.4 Å². The number of hydrogen-bond donors (Lipinski definition) is 0. The second kappa shape index (κ2) is 4.94. The predicted molar refractivity (Wildman–Crippen MR) is 72.0 cm³/mol. The van der Waals surface area contributed by atoms with Crippen molar-refractivity contribution in [1.82, 2.24) is 4.31 Å². The highest BCUT2D eigenvalue weighted by Crippen LogP contribution is 2.25. The third-order valence-corrected chi connectivity index (χ3v) is 4.69. The maximum Gasteiger partial charge on any atom is 0.211 e. The van der Waals surface area contributed by atoms with Crippen molar-refractivity contribution >= 4 is 15.8 Å². The molecule has 0 saturated heterocycles. The van der Waals surface area contributed by atoms with Crippen LogP contribution in [0.5, 0.6) is 5.75 Å². The number of ketones is 1. The van der Waals surface area contributed by atoms with Gasteiger partial charge in [-0.1, -0.05) is 0 Å². The summed E-state index contributed by atoms with van der Waals surface area (Å²) in [5, 5.41) is 0. The molecule has 0 aliphatic carbocycles. The van der Waals surface area contributed by atoms with Gasteiger partial charge in [0.1, 0.15) is 5.75 Å². The first-order valence-electron chi connectivity index (χ1n) is 6.00. The summed E-state index contributed by atoms with van der Waals surface area (Å²) in [6, 6.07) is 4.98. The molecule has 0 spiro atoms. The van der Waals surface area contributed by atoms with E-state index in [1.807, 2.05) is 6.92 Å². The Hall–Kier alpha value is -1.40. The fraction of sp³-hybridized carbons (Fsp3) is 0.462. The summed E-state index contributed by atoms with van der Waals surface area (Å²) in [6.07, 6.45) is 1.64. The van der Waals surface area contributed by atoms with Crippen LogP contribution in [-0.4, -0.2) is 44.5 Å². The molecule has 1 aromatic rings. The van der Waals surface area contributed by atoms with Crippen LogP contribution in [-0.2, 0) is 16.4 Å². The van der Waals surface area contributed by atoms with Crippen molar-refractivity contribution in [1.29, 1.82) is 0 Å². The predicted octanol–water partition coefficient (Wildman–Crippen LogP) is 1.08. The van der Waals surface area contributed by atoms with Crippen molar-refractivity contribution in [3.63, 3.8) is 0 Å². The highest BCUT2D eigenvalue weighted by Gasteiger charge is 2.31. The molecule has 0 amide bonds. The van der Waals surface area contributed by atoms with E-state index >= 15 is 0 Å². The van der Waals surface area contributed by atoms with Crippen LogP contribution in [0.3, 0.4) is 0 Å². The van der Waals surface area contributed by atoms with E-state index in [0.717, 1.165) is 11.8 Å². The van der Waals surface area contributed by atoms with Gasteiger partial charge in [0.05, 0.1) is 19.9 Å². The largest absolute Gasteiger partial charge is 0.497 e. The topological polar surface area (TPSA) is 63.7 Å². The first-order valence-corrected chi connectivity index (χ1v) is 7.84. The Morgan fingerprint density at radius 3 is 2.63 bits per heavy atom. The van der Waals surface area contributed by atoms with Gasteiger partial charge in [0.2, 0.25) is 10.0 Å². The van der Waals surface area contributed by atoms with Crippen LogP contribution in [0.15, 0.2) is 18.2 Å². The third kappa shape index (κ3) is 2.79. The van der Waals surface area contributed by atoms with Crippen LogP contribution in [0, 0.1) is 0 Å². The van der Waals surface area contributed by atoms with E-state index in [0.29, 0.717) is 17.7 Å². The Morgan fingerprint density at radius 1 is 1.37 bits per heavy atom. The van der Waals surface area contributed by atoms with Gasteiger partial charge < -0.3 is 4.74 Å². The average Bonchev–Trinajstić information content (AvgIpc) is 2.45. The smallest absolute Gasteiger partial charge is 0.211 e. The Labute approximate surface area is 113 Å². The normalized spacial score (nSPS) is 20.8. The number of sulfonamides is 1. The molecule has 104 valence electrons. The molecule has 5 nitrogen and oxygen atoms in total. The van der Waals surface area contributed by atoms with Gasteiger partial charge in [-0.2, -0.15) is 4.31 Å². The first-order chi connectivity index (χ1) is 8.82.